The van der Waals surface area contributed by atoms with Gasteiger partial charge in [-0.2, -0.15) is 0 Å². The Labute approximate surface area is 117 Å². The first-order valence-corrected chi connectivity index (χ1v) is 7.35. The van der Waals surface area contributed by atoms with Crippen LogP contribution in [0, 0.1) is 0 Å². The number of nitrogens with two attached hydrogens (primary N) is 1. The number of hydrogen-bond donors (Lipinski definition) is 1. The van der Waals surface area contributed by atoms with E-state index in [9.17, 15) is 0 Å². The normalized spacial score (nSPS) is 12.1. The Kier molecular flexibility index (Phi) is 7.99. The molecule has 0 saturated carbocycles. The number of benzene rings is 1. The van der Waals surface area contributed by atoms with Crippen LogP contribution in [0.1, 0.15) is 44.6 Å². The zero-order valence-corrected chi connectivity index (χ0v) is 12.1. The lowest BCUT2D eigenvalue weighted by Gasteiger charge is -2.14. The highest BCUT2D eigenvalue weighted by Gasteiger charge is 2.07. The minimum absolute atomic E-state index is 0.220. The van der Waals surface area contributed by atoms with Gasteiger partial charge in [-0.05, 0) is 50.2 Å². The fourth-order valence-corrected chi connectivity index (χ4v) is 1.99. The fraction of sp³-hybridized carbons (Fsp3) is 0.529. The van der Waals surface area contributed by atoms with Crippen LogP contribution in [0.15, 0.2) is 36.9 Å². The third-order valence-electron chi connectivity index (χ3n) is 3.29. The van der Waals surface area contributed by atoms with E-state index in [0.717, 1.165) is 38.0 Å². The molecule has 0 fully saturated rings. The van der Waals surface area contributed by atoms with Crippen LogP contribution in [0.2, 0.25) is 0 Å². The SMILES string of the molecule is C=CCCCCCOc1ccccc1CC(N)CC. The maximum atomic E-state index is 6.02. The van der Waals surface area contributed by atoms with Crippen molar-refractivity contribution < 1.29 is 4.74 Å². The molecule has 1 aromatic rings. The van der Waals surface area contributed by atoms with Gasteiger partial charge in [-0.1, -0.05) is 31.2 Å². The Morgan fingerprint density at radius 1 is 1.26 bits per heavy atom. The van der Waals surface area contributed by atoms with Crippen molar-refractivity contribution in [2.45, 2.75) is 51.5 Å². The van der Waals surface area contributed by atoms with Crippen LogP contribution < -0.4 is 10.5 Å². The van der Waals surface area contributed by atoms with Crippen LogP contribution in [-0.2, 0) is 6.42 Å². The predicted octanol–water partition coefficient (Wildman–Crippen LogP) is 4.09. The van der Waals surface area contributed by atoms with E-state index in [4.69, 9.17) is 10.5 Å². The lowest BCUT2D eigenvalue weighted by molar-refractivity contribution is 0.302. The predicted molar refractivity (Wildman–Crippen MR) is 82.6 cm³/mol. The van der Waals surface area contributed by atoms with Crippen LogP contribution >= 0.6 is 0 Å². The van der Waals surface area contributed by atoms with Gasteiger partial charge in [-0.15, -0.1) is 6.58 Å². The van der Waals surface area contributed by atoms with Gasteiger partial charge < -0.3 is 10.5 Å². The zero-order chi connectivity index (χ0) is 13.9. The van der Waals surface area contributed by atoms with Crippen LogP contribution in [0.4, 0.5) is 0 Å². The minimum atomic E-state index is 0.220. The number of ether oxygens (including phenoxy) is 1. The van der Waals surface area contributed by atoms with Crippen molar-refractivity contribution in [1.29, 1.82) is 0 Å². The van der Waals surface area contributed by atoms with Gasteiger partial charge >= 0.3 is 0 Å². The first-order valence-electron chi connectivity index (χ1n) is 7.35. The van der Waals surface area contributed by atoms with E-state index in [-0.39, 0.29) is 6.04 Å². The Morgan fingerprint density at radius 2 is 2.05 bits per heavy atom. The third-order valence-corrected chi connectivity index (χ3v) is 3.29. The number of hydrogen-bond acceptors (Lipinski definition) is 2. The van der Waals surface area contributed by atoms with Crippen molar-refractivity contribution in [2.75, 3.05) is 6.61 Å². The molecule has 0 aliphatic carbocycles. The smallest absolute Gasteiger partial charge is 0.122 e. The summed E-state index contributed by atoms with van der Waals surface area (Å²) in [5.41, 5.74) is 7.24. The van der Waals surface area contributed by atoms with Gasteiger partial charge in [0.2, 0.25) is 0 Å². The molecule has 2 heteroatoms. The molecule has 2 N–H and O–H groups in total. The summed E-state index contributed by atoms with van der Waals surface area (Å²) in [7, 11) is 0. The molecule has 0 aliphatic heterocycles. The lowest BCUT2D eigenvalue weighted by atomic mass is 10.0. The molecule has 1 atom stereocenters. The first kappa shape index (κ1) is 15.8. The second-order valence-electron chi connectivity index (χ2n) is 4.97. The van der Waals surface area contributed by atoms with Gasteiger partial charge in [0, 0.05) is 6.04 Å². The number of unbranched alkanes of at least 4 members (excludes halogenated alkanes) is 3. The summed E-state index contributed by atoms with van der Waals surface area (Å²) < 4.78 is 5.88. The first-order chi connectivity index (χ1) is 9.27. The second-order valence-corrected chi connectivity index (χ2v) is 4.97. The van der Waals surface area contributed by atoms with E-state index < -0.39 is 0 Å². The Morgan fingerprint density at radius 3 is 2.79 bits per heavy atom. The molecule has 0 bridgehead atoms. The molecule has 1 unspecified atom stereocenters. The van der Waals surface area contributed by atoms with Gasteiger partial charge in [-0.3, -0.25) is 0 Å². The van der Waals surface area contributed by atoms with E-state index in [0.29, 0.717) is 0 Å². The molecule has 0 spiro atoms. The molecular weight excluding hydrogens is 234 g/mol. The van der Waals surface area contributed by atoms with Crippen LogP contribution in [0.5, 0.6) is 5.75 Å². The summed E-state index contributed by atoms with van der Waals surface area (Å²) >= 11 is 0. The number of rotatable bonds is 10. The molecule has 1 rings (SSSR count). The molecule has 0 radical (unpaired) electrons. The molecule has 1 aromatic carbocycles. The topological polar surface area (TPSA) is 35.2 Å². The monoisotopic (exact) mass is 261 g/mol. The average Bonchev–Trinajstić information content (AvgIpc) is 2.44. The van der Waals surface area contributed by atoms with Crippen molar-refractivity contribution in [2.24, 2.45) is 5.73 Å². The quantitative estimate of drug-likeness (QED) is 0.508. The van der Waals surface area contributed by atoms with Gasteiger partial charge in [0.15, 0.2) is 0 Å². The number of allylic oxidation sites excluding steroid dienone is 1. The van der Waals surface area contributed by atoms with Crippen molar-refractivity contribution in [3.05, 3.63) is 42.5 Å². The molecule has 0 aliphatic rings. The van der Waals surface area contributed by atoms with Crippen molar-refractivity contribution in [3.63, 3.8) is 0 Å². The van der Waals surface area contributed by atoms with Gasteiger partial charge in [0.05, 0.1) is 6.61 Å². The average molecular weight is 261 g/mol. The largest absolute Gasteiger partial charge is 0.493 e. The molecule has 0 amide bonds. The van der Waals surface area contributed by atoms with E-state index in [1.54, 1.807) is 0 Å². The van der Waals surface area contributed by atoms with Gasteiger partial charge in [-0.25, -0.2) is 0 Å². The summed E-state index contributed by atoms with van der Waals surface area (Å²) in [5.74, 6) is 0.995. The van der Waals surface area contributed by atoms with Crippen molar-refractivity contribution >= 4 is 0 Å². The van der Waals surface area contributed by atoms with Gasteiger partial charge in [0.1, 0.15) is 5.75 Å². The number of para-hydroxylation sites is 1. The third kappa shape index (κ3) is 6.44. The van der Waals surface area contributed by atoms with Crippen molar-refractivity contribution in [3.8, 4) is 5.75 Å². The molecule has 0 saturated heterocycles. The summed E-state index contributed by atoms with van der Waals surface area (Å²) in [6.07, 6.45) is 8.46. The van der Waals surface area contributed by atoms with Gasteiger partial charge in [0.25, 0.3) is 0 Å². The fourth-order valence-electron chi connectivity index (χ4n) is 1.99. The molecule has 0 heterocycles. The molecule has 19 heavy (non-hydrogen) atoms. The van der Waals surface area contributed by atoms with E-state index in [1.807, 2.05) is 18.2 Å². The highest BCUT2D eigenvalue weighted by Crippen LogP contribution is 2.20. The van der Waals surface area contributed by atoms with Crippen molar-refractivity contribution in [1.82, 2.24) is 0 Å². The van der Waals surface area contributed by atoms with Crippen LogP contribution in [0.3, 0.4) is 0 Å². The van der Waals surface area contributed by atoms with E-state index in [2.05, 4.69) is 25.6 Å². The zero-order valence-electron chi connectivity index (χ0n) is 12.1. The molecule has 106 valence electrons. The highest BCUT2D eigenvalue weighted by atomic mass is 16.5. The van der Waals surface area contributed by atoms with E-state index >= 15 is 0 Å². The Bertz CT molecular complexity index is 362. The Balaban J connectivity index is 2.37. The molecular formula is C17H27NO. The maximum Gasteiger partial charge on any atom is 0.122 e. The summed E-state index contributed by atoms with van der Waals surface area (Å²) in [5, 5.41) is 0. The standard InChI is InChI=1S/C17H27NO/c1-3-5-6-7-10-13-19-17-12-9-8-11-15(17)14-16(18)4-2/h3,8-9,11-12,16H,1,4-7,10,13-14,18H2,2H3. The lowest BCUT2D eigenvalue weighted by Crippen LogP contribution is -2.21. The highest BCUT2D eigenvalue weighted by molar-refractivity contribution is 5.33. The molecule has 0 aromatic heterocycles. The summed E-state index contributed by atoms with van der Waals surface area (Å²) in [6, 6.07) is 8.45. The Hall–Kier alpha value is -1.28. The summed E-state index contributed by atoms with van der Waals surface area (Å²) in [6.45, 7) is 6.64. The van der Waals surface area contributed by atoms with Crippen LogP contribution in [-0.4, -0.2) is 12.6 Å². The maximum absolute atomic E-state index is 6.02. The minimum Gasteiger partial charge on any atom is -0.493 e. The van der Waals surface area contributed by atoms with E-state index in [1.165, 1.54) is 18.4 Å². The molecule has 2 nitrogen and oxygen atoms in total. The second kappa shape index (κ2) is 9.62. The summed E-state index contributed by atoms with van der Waals surface area (Å²) in [4.78, 5) is 0. The van der Waals surface area contributed by atoms with Crippen LogP contribution in [0.25, 0.3) is 0 Å².